The molecule has 3 aromatic carbocycles. The summed E-state index contributed by atoms with van der Waals surface area (Å²) in [7, 11) is -3.37. The number of benzene rings is 3. The van der Waals surface area contributed by atoms with E-state index in [1.54, 1.807) is 12.1 Å². The molecule has 29 heavy (non-hydrogen) atoms. The first-order valence-electron chi connectivity index (χ1n) is 9.56. The van der Waals surface area contributed by atoms with Crippen molar-refractivity contribution in [1.82, 2.24) is 5.10 Å². The minimum atomic E-state index is -3.37. The van der Waals surface area contributed by atoms with Crippen LogP contribution in [0.2, 0.25) is 0 Å². The van der Waals surface area contributed by atoms with Crippen molar-refractivity contribution in [2.45, 2.75) is 18.4 Å². The van der Waals surface area contributed by atoms with Crippen LogP contribution in [0, 0.1) is 6.92 Å². The van der Waals surface area contributed by atoms with E-state index in [0.717, 1.165) is 28.1 Å². The molecule has 0 aliphatic heterocycles. The number of sulfone groups is 1. The molecular formula is C24H23N2O2S+. The smallest absolute Gasteiger partial charge is 0.223 e. The quantitative estimate of drug-likeness (QED) is 0.485. The van der Waals surface area contributed by atoms with Crippen LogP contribution < -0.4 is 4.68 Å². The van der Waals surface area contributed by atoms with Crippen molar-refractivity contribution in [2.24, 2.45) is 0 Å². The highest BCUT2D eigenvalue weighted by Crippen LogP contribution is 2.23. The van der Waals surface area contributed by atoms with Gasteiger partial charge in [0.15, 0.2) is 16.4 Å². The maximum Gasteiger partial charge on any atom is 0.239 e. The number of hydrogen-bond acceptors (Lipinski definition) is 2. The average molecular weight is 404 g/mol. The van der Waals surface area contributed by atoms with Gasteiger partial charge < -0.3 is 0 Å². The van der Waals surface area contributed by atoms with E-state index >= 15 is 0 Å². The Balaban J connectivity index is 1.67. The molecule has 0 saturated carbocycles. The van der Waals surface area contributed by atoms with Crippen LogP contribution in [0.25, 0.3) is 22.5 Å². The lowest BCUT2D eigenvalue weighted by atomic mass is 10.1. The molecule has 1 aromatic heterocycles. The summed E-state index contributed by atoms with van der Waals surface area (Å²) in [6, 6.07) is 29.1. The van der Waals surface area contributed by atoms with E-state index in [0.29, 0.717) is 11.4 Å². The highest BCUT2D eigenvalue weighted by molar-refractivity contribution is 7.91. The third-order valence-corrected chi connectivity index (χ3v) is 6.66. The van der Waals surface area contributed by atoms with Crippen molar-refractivity contribution < 1.29 is 13.1 Å². The van der Waals surface area contributed by atoms with Gasteiger partial charge in [-0.05, 0) is 31.2 Å². The van der Waals surface area contributed by atoms with Crippen LogP contribution >= 0.6 is 0 Å². The number of rotatable bonds is 6. The summed E-state index contributed by atoms with van der Waals surface area (Å²) >= 11 is 0. The fourth-order valence-corrected chi connectivity index (χ4v) is 4.53. The number of aromatic nitrogens is 2. The van der Waals surface area contributed by atoms with Crippen LogP contribution in [-0.4, -0.2) is 19.3 Å². The van der Waals surface area contributed by atoms with Crippen molar-refractivity contribution >= 4 is 9.84 Å². The summed E-state index contributed by atoms with van der Waals surface area (Å²) in [6.45, 7) is 2.29. The van der Waals surface area contributed by atoms with E-state index < -0.39 is 9.84 Å². The molecule has 0 fully saturated rings. The molecule has 0 aliphatic rings. The van der Waals surface area contributed by atoms with Gasteiger partial charge in [-0.2, -0.15) is 5.10 Å². The first-order valence-corrected chi connectivity index (χ1v) is 11.2. The Labute approximate surface area is 171 Å². The van der Waals surface area contributed by atoms with Gasteiger partial charge in [0.2, 0.25) is 5.69 Å². The number of aryl methyl sites for hydroxylation is 2. The number of aromatic amines is 1. The molecule has 0 unspecified atom stereocenters. The van der Waals surface area contributed by atoms with Gasteiger partial charge in [-0.1, -0.05) is 66.2 Å². The van der Waals surface area contributed by atoms with E-state index in [1.165, 1.54) is 0 Å². The molecular weight excluding hydrogens is 380 g/mol. The molecule has 1 N–H and O–H groups in total. The van der Waals surface area contributed by atoms with Crippen LogP contribution in [0.5, 0.6) is 0 Å². The predicted octanol–water partition coefficient (Wildman–Crippen LogP) is 4.42. The summed E-state index contributed by atoms with van der Waals surface area (Å²) in [5, 5.41) is 3.38. The molecule has 4 aromatic rings. The second-order valence-corrected chi connectivity index (χ2v) is 9.18. The molecule has 0 radical (unpaired) electrons. The van der Waals surface area contributed by atoms with Gasteiger partial charge in [0.05, 0.1) is 4.90 Å². The third kappa shape index (κ3) is 4.30. The van der Waals surface area contributed by atoms with Gasteiger partial charge >= 0.3 is 0 Å². The standard InChI is InChI=1S/C24H22N2O2S/c1-19-12-14-22(15-13-19)29(27,28)17-16-26-24(21-10-6-3-7-11-21)18-23(25-26)20-8-4-2-5-9-20/h2-15,18H,16-17H2,1H3/p+1. The molecule has 0 spiro atoms. The van der Waals surface area contributed by atoms with Gasteiger partial charge in [-0.15, -0.1) is 4.68 Å². The van der Waals surface area contributed by atoms with Crippen LogP contribution in [0.15, 0.2) is 95.9 Å². The topological polar surface area (TPSA) is 53.8 Å². The van der Waals surface area contributed by atoms with E-state index in [-0.39, 0.29) is 5.75 Å². The van der Waals surface area contributed by atoms with Crippen molar-refractivity contribution in [3.8, 4) is 22.5 Å². The normalized spacial score (nSPS) is 11.5. The SMILES string of the molecule is Cc1ccc(S(=O)(=O)CC[n+]2[nH]c(-c3ccccc3)cc2-c2ccccc2)cc1. The zero-order chi connectivity index (χ0) is 20.3. The van der Waals surface area contributed by atoms with Gasteiger partial charge in [0.25, 0.3) is 0 Å². The lowest BCUT2D eigenvalue weighted by Gasteiger charge is -2.03. The summed E-state index contributed by atoms with van der Waals surface area (Å²) < 4.78 is 27.5. The highest BCUT2D eigenvalue weighted by Gasteiger charge is 2.23. The van der Waals surface area contributed by atoms with Gasteiger partial charge in [0, 0.05) is 17.2 Å². The molecule has 5 heteroatoms. The molecule has 0 amide bonds. The van der Waals surface area contributed by atoms with E-state index in [2.05, 4.69) is 11.2 Å². The Morgan fingerprint density at radius 3 is 2.00 bits per heavy atom. The van der Waals surface area contributed by atoms with Crippen LogP contribution in [0.4, 0.5) is 0 Å². The van der Waals surface area contributed by atoms with E-state index in [1.807, 2.05) is 84.4 Å². The molecule has 0 aliphatic carbocycles. The summed E-state index contributed by atoms with van der Waals surface area (Å²) in [5.41, 5.74) is 5.06. The summed E-state index contributed by atoms with van der Waals surface area (Å²) in [5.74, 6) is 0.0231. The van der Waals surface area contributed by atoms with Crippen molar-refractivity contribution in [3.05, 3.63) is 96.6 Å². The molecule has 146 valence electrons. The maximum atomic E-state index is 12.8. The molecule has 0 atom stereocenters. The number of nitrogens with zero attached hydrogens (tertiary/aromatic N) is 1. The number of nitrogens with one attached hydrogen (secondary N) is 1. The Morgan fingerprint density at radius 1 is 0.793 bits per heavy atom. The lowest BCUT2D eigenvalue weighted by molar-refractivity contribution is -0.735. The predicted molar refractivity (Wildman–Crippen MR) is 115 cm³/mol. The Morgan fingerprint density at radius 2 is 1.38 bits per heavy atom. The number of H-pyrrole nitrogens is 1. The third-order valence-electron chi connectivity index (χ3n) is 4.95. The zero-order valence-corrected chi connectivity index (χ0v) is 17.1. The van der Waals surface area contributed by atoms with Crippen LogP contribution in [-0.2, 0) is 16.4 Å². The zero-order valence-electron chi connectivity index (χ0n) is 16.2. The van der Waals surface area contributed by atoms with Crippen molar-refractivity contribution in [1.29, 1.82) is 0 Å². The van der Waals surface area contributed by atoms with Crippen LogP contribution in [0.3, 0.4) is 0 Å². The molecule has 0 saturated heterocycles. The first kappa shape index (κ1) is 19.2. The lowest BCUT2D eigenvalue weighted by Crippen LogP contribution is -2.40. The maximum absolute atomic E-state index is 12.8. The highest BCUT2D eigenvalue weighted by atomic mass is 32.2. The fraction of sp³-hybridized carbons (Fsp3) is 0.125. The largest absolute Gasteiger partial charge is 0.239 e. The van der Waals surface area contributed by atoms with Crippen molar-refractivity contribution in [3.63, 3.8) is 0 Å². The first-order chi connectivity index (χ1) is 14.0. The molecule has 4 nitrogen and oxygen atoms in total. The Bertz CT molecular complexity index is 1200. The fourth-order valence-electron chi connectivity index (χ4n) is 3.32. The average Bonchev–Trinajstić information content (AvgIpc) is 3.18. The summed E-state index contributed by atoms with van der Waals surface area (Å²) in [4.78, 5) is 0.361. The molecule has 0 bridgehead atoms. The minimum Gasteiger partial charge on any atom is -0.223 e. The van der Waals surface area contributed by atoms with Gasteiger partial charge in [-0.3, -0.25) is 0 Å². The minimum absolute atomic E-state index is 0.0231. The second kappa shape index (κ2) is 8.05. The van der Waals surface area contributed by atoms with Gasteiger partial charge in [0.1, 0.15) is 11.4 Å². The van der Waals surface area contributed by atoms with E-state index in [9.17, 15) is 8.42 Å². The Kier molecular flexibility index (Phi) is 5.32. The molecule has 1 heterocycles. The van der Waals surface area contributed by atoms with E-state index in [4.69, 9.17) is 0 Å². The monoisotopic (exact) mass is 403 g/mol. The Hall–Kier alpha value is -3.18. The van der Waals surface area contributed by atoms with Crippen molar-refractivity contribution in [2.75, 3.05) is 5.75 Å². The number of hydrogen-bond donors (Lipinski definition) is 1. The van der Waals surface area contributed by atoms with Gasteiger partial charge in [-0.25, -0.2) is 8.42 Å². The molecule has 4 rings (SSSR count). The van der Waals surface area contributed by atoms with Crippen LogP contribution in [0.1, 0.15) is 5.56 Å². The summed E-state index contributed by atoms with van der Waals surface area (Å²) in [6.07, 6.45) is 0. The second-order valence-electron chi connectivity index (χ2n) is 7.07.